The number of benzene rings is 1. The summed E-state index contributed by atoms with van der Waals surface area (Å²) in [5.41, 5.74) is 1.34. The summed E-state index contributed by atoms with van der Waals surface area (Å²) in [6.45, 7) is 7.58. The van der Waals surface area contributed by atoms with Crippen molar-refractivity contribution in [3.63, 3.8) is 0 Å². The Balaban J connectivity index is 2.45. The Hall–Kier alpha value is -0.0300. The lowest BCUT2D eigenvalue weighted by molar-refractivity contribution is 0.437. The highest BCUT2D eigenvalue weighted by Gasteiger charge is 2.03. The van der Waals surface area contributed by atoms with Crippen LogP contribution in [0.15, 0.2) is 27.6 Å². The van der Waals surface area contributed by atoms with E-state index in [0.717, 1.165) is 25.4 Å². The molecule has 0 aromatic heterocycles. The first kappa shape index (κ1) is 17.0. The van der Waals surface area contributed by atoms with Crippen molar-refractivity contribution in [2.45, 2.75) is 25.3 Å². The predicted octanol–water partition coefficient (Wildman–Crippen LogP) is 3.85. The van der Waals surface area contributed by atoms with Crippen molar-refractivity contribution in [1.29, 1.82) is 0 Å². The number of nitrogens with one attached hydrogen (secondary N) is 1. The molecule has 2 nitrogen and oxygen atoms in total. The van der Waals surface area contributed by atoms with Gasteiger partial charge in [-0.25, -0.2) is 0 Å². The fourth-order valence-corrected chi connectivity index (χ4v) is 3.42. The minimum absolute atomic E-state index is 0.698. The summed E-state index contributed by atoms with van der Waals surface area (Å²) in [4.78, 5) is 3.54. The van der Waals surface area contributed by atoms with Crippen LogP contribution in [0.4, 0.5) is 0 Å². The van der Waals surface area contributed by atoms with E-state index in [1.807, 2.05) is 11.8 Å². The smallest absolute Gasteiger partial charge is 0.0314 e. The van der Waals surface area contributed by atoms with Gasteiger partial charge in [-0.3, -0.25) is 0 Å². The third-order valence-corrected chi connectivity index (χ3v) is 4.65. The molecule has 0 fully saturated rings. The van der Waals surface area contributed by atoms with Gasteiger partial charge < -0.3 is 10.2 Å². The van der Waals surface area contributed by atoms with E-state index in [2.05, 4.69) is 72.3 Å². The lowest BCUT2D eigenvalue weighted by atomic mass is 10.2. The summed E-state index contributed by atoms with van der Waals surface area (Å²) in [5.74, 6) is 1.82. The third-order valence-electron chi connectivity index (χ3n) is 2.67. The van der Waals surface area contributed by atoms with E-state index in [1.54, 1.807) is 0 Å². The normalized spacial score (nSPS) is 11.5. The third kappa shape index (κ3) is 7.35. The van der Waals surface area contributed by atoms with E-state index in [-0.39, 0.29) is 0 Å². The van der Waals surface area contributed by atoms with Gasteiger partial charge in [0.15, 0.2) is 0 Å². The summed E-state index contributed by atoms with van der Waals surface area (Å²) in [7, 11) is 4.22. The number of halogens is 1. The molecule has 108 valence electrons. The van der Waals surface area contributed by atoms with Crippen LogP contribution in [0, 0.1) is 5.92 Å². The summed E-state index contributed by atoms with van der Waals surface area (Å²) in [5, 5.41) is 3.47. The van der Waals surface area contributed by atoms with Crippen LogP contribution >= 0.6 is 27.7 Å². The maximum absolute atomic E-state index is 3.67. The van der Waals surface area contributed by atoms with Gasteiger partial charge in [0, 0.05) is 28.2 Å². The van der Waals surface area contributed by atoms with Gasteiger partial charge in [-0.15, -0.1) is 11.8 Å². The molecule has 0 heterocycles. The highest BCUT2D eigenvalue weighted by Crippen LogP contribution is 2.28. The van der Waals surface area contributed by atoms with E-state index in [9.17, 15) is 0 Å². The molecule has 1 rings (SSSR count). The quantitative estimate of drug-likeness (QED) is 0.721. The topological polar surface area (TPSA) is 15.3 Å². The molecule has 0 unspecified atom stereocenters. The second kappa shape index (κ2) is 9.01. The van der Waals surface area contributed by atoms with Gasteiger partial charge in [-0.1, -0.05) is 19.9 Å². The number of rotatable bonds is 8. The zero-order valence-electron chi connectivity index (χ0n) is 12.4. The van der Waals surface area contributed by atoms with Gasteiger partial charge in [-0.05, 0) is 60.2 Å². The van der Waals surface area contributed by atoms with Crippen LogP contribution in [0.3, 0.4) is 0 Å². The molecule has 0 radical (unpaired) electrons. The number of thioether (sulfide) groups is 1. The van der Waals surface area contributed by atoms with Crippen LogP contribution < -0.4 is 5.32 Å². The molecule has 19 heavy (non-hydrogen) atoms. The number of nitrogens with zero attached hydrogens (tertiary/aromatic N) is 1. The Bertz CT molecular complexity index is 380. The molecule has 0 saturated heterocycles. The molecule has 1 aromatic carbocycles. The molecule has 0 spiro atoms. The van der Waals surface area contributed by atoms with Crippen LogP contribution in [0.25, 0.3) is 0 Å². The minimum Gasteiger partial charge on any atom is -0.312 e. The van der Waals surface area contributed by atoms with Gasteiger partial charge in [0.25, 0.3) is 0 Å². The molecular weight excluding hydrogens is 320 g/mol. The SMILES string of the molecule is CC(C)CNCc1ccc(SCCN(C)C)c(Br)c1. The first-order chi connectivity index (χ1) is 8.99. The van der Waals surface area contributed by atoms with Crippen LogP contribution in [0.5, 0.6) is 0 Å². The Kier molecular flexibility index (Phi) is 8.07. The molecule has 1 N–H and O–H groups in total. The molecule has 0 atom stereocenters. The first-order valence-corrected chi connectivity index (χ1v) is 8.53. The van der Waals surface area contributed by atoms with Gasteiger partial charge >= 0.3 is 0 Å². The van der Waals surface area contributed by atoms with Gasteiger partial charge in [0.05, 0.1) is 0 Å². The van der Waals surface area contributed by atoms with Crippen molar-refractivity contribution in [1.82, 2.24) is 10.2 Å². The standard InChI is InChI=1S/C15H25BrN2S/c1-12(2)10-17-11-13-5-6-15(14(16)9-13)19-8-7-18(3)4/h5-6,9,12,17H,7-8,10-11H2,1-4H3. The maximum atomic E-state index is 3.67. The second-order valence-corrected chi connectivity index (χ2v) is 7.43. The average molecular weight is 345 g/mol. The molecule has 0 amide bonds. The Morgan fingerprint density at radius 2 is 2.05 bits per heavy atom. The maximum Gasteiger partial charge on any atom is 0.0314 e. The molecule has 1 aromatic rings. The van der Waals surface area contributed by atoms with E-state index >= 15 is 0 Å². The fourth-order valence-electron chi connectivity index (χ4n) is 1.61. The van der Waals surface area contributed by atoms with Crippen LogP contribution in [0.2, 0.25) is 0 Å². The van der Waals surface area contributed by atoms with Crippen LogP contribution in [0.1, 0.15) is 19.4 Å². The lowest BCUT2D eigenvalue weighted by Crippen LogP contribution is -2.18. The zero-order valence-corrected chi connectivity index (χ0v) is 14.8. The van der Waals surface area contributed by atoms with E-state index < -0.39 is 0 Å². The summed E-state index contributed by atoms with van der Waals surface area (Å²) in [6, 6.07) is 6.66. The van der Waals surface area contributed by atoms with Crippen molar-refractivity contribution >= 4 is 27.7 Å². The van der Waals surface area contributed by atoms with Gasteiger partial charge in [-0.2, -0.15) is 0 Å². The first-order valence-electron chi connectivity index (χ1n) is 6.75. The van der Waals surface area contributed by atoms with Crippen molar-refractivity contribution in [2.24, 2.45) is 5.92 Å². The van der Waals surface area contributed by atoms with Gasteiger partial charge in [0.2, 0.25) is 0 Å². The summed E-state index contributed by atoms with van der Waals surface area (Å²) < 4.78 is 1.21. The van der Waals surface area contributed by atoms with E-state index in [4.69, 9.17) is 0 Å². The van der Waals surface area contributed by atoms with Gasteiger partial charge in [0.1, 0.15) is 0 Å². The monoisotopic (exact) mass is 344 g/mol. The van der Waals surface area contributed by atoms with Crippen LogP contribution in [-0.4, -0.2) is 37.8 Å². The van der Waals surface area contributed by atoms with Crippen molar-refractivity contribution in [3.8, 4) is 0 Å². The summed E-state index contributed by atoms with van der Waals surface area (Å²) >= 11 is 5.58. The number of hydrogen-bond acceptors (Lipinski definition) is 3. The molecule has 0 saturated carbocycles. The Labute approximate surface area is 130 Å². The van der Waals surface area contributed by atoms with E-state index in [0.29, 0.717) is 5.92 Å². The van der Waals surface area contributed by atoms with E-state index in [1.165, 1.54) is 14.9 Å². The highest BCUT2D eigenvalue weighted by atomic mass is 79.9. The highest BCUT2D eigenvalue weighted by molar-refractivity contribution is 9.10. The second-order valence-electron chi connectivity index (χ2n) is 5.44. The Morgan fingerprint density at radius 1 is 1.32 bits per heavy atom. The summed E-state index contributed by atoms with van der Waals surface area (Å²) in [6.07, 6.45) is 0. The molecule has 0 aliphatic rings. The predicted molar refractivity (Wildman–Crippen MR) is 90.0 cm³/mol. The lowest BCUT2D eigenvalue weighted by Gasteiger charge is -2.11. The Morgan fingerprint density at radius 3 is 2.63 bits per heavy atom. The molecule has 4 heteroatoms. The fraction of sp³-hybridized carbons (Fsp3) is 0.600. The molecule has 0 bridgehead atoms. The molecular formula is C15H25BrN2S. The molecule has 0 aliphatic heterocycles. The van der Waals surface area contributed by atoms with Crippen molar-refractivity contribution in [3.05, 3.63) is 28.2 Å². The zero-order chi connectivity index (χ0) is 14.3. The van der Waals surface area contributed by atoms with Crippen molar-refractivity contribution < 1.29 is 0 Å². The number of hydrogen-bond donors (Lipinski definition) is 1. The minimum atomic E-state index is 0.698. The van der Waals surface area contributed by atoms with Crippen LogP contribution in [-0.2, 0) is 6.54 Å². The average Bonchev–Trinajstić information content (AvgIpc) is 2.31. The largest absolute Gasteiger partial charge is 0.312 e. The van der Waals surface area contributed by atoms with Crippen molar-refractivity contribution in [2.75, 3.05) is 32.9 Å². The molecule has 0 aliphatic carbocycles.